The van der Waals surface area contributed by atoms with Gasteiger partial charge in [0.15, 0.2) is 0 Å². The molecule has 0 unspecified atom stereocenters. The van der Waals surface area contributed by atoms with Gasteiger partial charge in [-0.2, -0.15) is 0 Å². The first-order valence-corrected chi connectivity index (χ1v) is 18.2. The topological polar surface area (TPSA) is 0 Å². The first kappa shape index (κ1) is 31.7. The summed E-state index contributed by atoms with van der Waals surface area (Å²) in [5.74, 6) is 4.61. The maximum atomic E-state index is 4.94. The maximum Gasteiger partial charge on any atom is 0.0362 e. The second kappa shape index (κ2) is 17.2. The van der Waals surface area contributed by atoms with E-state index in [-0.39, 0.29) is 0 Å². The lowest BCUT2D eigenvalue weighted by atomic mass is 10.1. The molecule has 0 aromatic rings. The van der Waals surface area contributed by atoms with Crippen molar-refractivity contribution >= 4 is 97.6 Å². The van der Waals surface area contributed by atoms with Crippen molar-refractivity contribution in [2.45, 2.75) is 79.1 Å². The molecule has 0 nitrogen and oxygen atoms in total. The molecule has 192 valence electrons. The normalized spacial score (nSPS) is 16.9. The Balaban J connectivity index is 2.72. The van der Waals surface area contributed by atoms with Crippen LogP contribution in [0.3, 0.4) is 0 Å². The minimum atomic E-state index is 0.835. The highest BCUT2D eigenvalue weighted by Crippen LogP contribution is 2.59. The molecule has 2 rings (SSSR count). The number of hydrogen-bond donors (Lipinski definition) is 4. The summed E-state index contributed by atoms with van der Waals surface area (Å²) in [4.78, 5) is 9.35. The zero-order valence-electron chi connectivity index (χ0n) is 20.9. The van der Waals surface area contributed by atoms with Crippen molar-refractivity contribution in [3.05, 3.63) is 50.4 Å². The van der Waals surface area contributed by atoms with E-state index in [1.807, 2.05) is 23.5 Å². The summed E-state index contributed by atoms with van der Waals surface area (Å²) in [7, 11) is 0. The molecule has 0 aromatic carbocycles. The second-order valence-electron chi connectivity index (χ2n) is 8.27. The number of allylic oxidation sites excluding steroid dienone is 4. The Kier molecular flexibility index (Phi) is 16.0. The van der Waals surface area contributed by atoms with Crippen molar-refractivity contribution in [1.82, 2.24) is 0 Å². The van der Waals surface area contributed by atoms with Crippen LogP contribution in [0.2, 0.25) is 0 Å². The Hall–Kier alpha value is 1.50. The molecule has 0 N–H and O–H groups in total. The molecule has 8 heteroatoms. The molecule has 0 saturated heterocycles. The van der Waals surface area contributed by atoms with Crippen LogP contribution >= 0.6 is 97.6 Å². The summed E-state index contributed by atoms with van der Waals surface area (Å²) in [6, 6.07) is 0. The summed E-state index contributed by atoms with van der Waals surface area (Å²) in [6.45, 7) is 9.11. The van der Waals surface area contributed by atoms with E-state index in [1.165, 1.54) is 88.1 Å². The summed E-state index contributed by atoms with van der Waals surface area (Å²) in [5.41, 5.74) is 2.46. The predicted molar refractivity (Wildman–Crippen MR) is 181 cm³/mol. The molecule has 0 amide bonds. The van der Waals surface area contributed by atoms with Crippen LogP contribution < -0.4 is 0 Å². The fourth-order valence-corrected chi connectivity index (χ4v) is 10.7. The lowest BCUT2D eigenvalue weighted by Crippen LogP contribution is -1.96. The highest BCUT2D eigenvalue weighted by Gasteiger charge is 2.36. The highest BCUT2D eigenvalue weighted by atomic mass is 32.2. The van der Waals surface area contributed by atoms with Crippen LogP contribution in [0.15, 0.2) is 50.4 Å². The van der Waals surface area contributed by atoms with Crippen LogP contribution in [0.4, 0.5) is 0 Å². The largest absolute Gasteiger partial charge is 0.142 e. The van der Waals surface area contributed by atoms with E-state index in [1.54, 1.807) is 0 Å². The molecule has 0 radical (unpaired) electrons. The number of thioether (sulfide) groups is 4. The van der Waals surface area contributed by atoms with Gasteiger partial charge in [0.05, 0.1) is 0 Å². The zero-order chi connectivity index (χ0) is 25.1. The van der Waals surface area contributed by atoms with E-state index in [2.05, 4.69) is 51.2 Å². The molecule has 0 heterocycles. The van der Waals surface area contributed by atoms with Gasteiger partial charge in [0.2, 0.25) is 0 Å². The van der Waals surface area contributed by atoms with Crippen molar-refractivity contribution in [3.63, 3.8) is 0 Å². The number of thiol groups is 4. The zero-order valence-corrected chi connectivity index (χ0v) is 27.8. The van der Waals surface area contributed by atoms with E-state index < -0.39 is 0 Å². The van der Waals surface area contributed by atoms with E-state index in [0.29, 0.717) is 0 Å². The maximum absolute atomic E-state index is 4.94. The van der Waals surface area contributed by atoms with Crippen LogP contribution in [0.25, 0.3) is 0 Å². The van der Waals surface area contributed by atoms with Crippen molar-refractivity contribution in [2.24, 2.45) is 0 Å². The van der Waals surface area contributed by atoms with E-state index in [4.69, 9.17) is 50.5 Å². The Labute approximate surface area is 248 Å². The number of rotatable bonds is 16. The van der Waals surface area contributed by atoms with Crippen molar-refractivity contribution in [2.75, 3.05) is 23.0 Å². The van der Waals surface area contributed by atoms with Gasteiger partial charge < -0.3 is 0 Å². The van der Waals surface area contributed by atoms with Crippen molar-refractivity contribution in [1.29, 1.82) is 0 Å². The molecule has 0 fully saturated rings. The van der Waals surface area contributed by atoms with Gasteiger partial charge in [-0.1, -0.05) is 53.4 Å². The molecular formula is C26H40S8. The Bertz CT molecular complexity index is 792. The third-order valence-electron chi connectivity index (χ3n) is 5.45. The number of hydrogen-bond acceptors (Lipinski definition) is 8. The summed E-state index contributed by atoms with van der Waals surface area (Å²) in [6.07, 6.45) is 9.82. The van der Waals surface area contributed by atoms with Gasteiger partial charge >= 0.3 is 0 Å². The van der Waals surface area contributed by atoms with E-state index >= 15 is 0 Å². The fraction of sp³-hybridized carbons (Fsp3) is 0.615. The molecule has 34 heavy (non-hydrogen) atoms. The third-order valence-corrected chi connectivity index (χ3v) is 12.9. The first-order valence-electron chi connectivity index (χ1n) is 12.4. The Morgan fingerprint density at radius 2 is 0.706 bits per heavy atom. The van der Waals surface area contributed by atoms with E-state index in [9.17, 15) is 0 Å². The fourth-order valence-electron chi connectivity index (χ4n) is 3.39. The molecular weight excluding hydrogens is 569 g/mol. The van der Waals surface area contributed by atoms with Gasteiger partial charge in [-0.05, 0) is 48.7 Å². The third kappa shape index (κ3) is 8.25. The average Bonchev–Trinajstić information content (AvgIpc) is 3.20. The van der Waals surface area contributed by atoms with Crippen LogP contribution in [-0.4, -0.2) is 23.0 Å². The average molecular weight is 609 g/mol. The standard InChI is InChI=1S/C26H40S8/c1-5-9-13-31-23-18(17-19(27)21(29)22(30)20(17)28)24(32-14-10-6-2)26(34-16-12-8-4)25(23)33-15-11-7-3/h27-30H,5-16H2,1-4H3. The quantitative estimate of drug-likeness (QED) is 0.102. The molecule has 0 saturated carbocycles. The van der Waals surface area contributed by atoms with Crippen molar-refractivity contribution < 1.29 is 0 Å². The smallest absolute Gasteiger partial charge is 0.0362 e. The second-order valence-corrected chi connectivity index (χ2v) is 14.5. The molecule has 2 aliphatic carbocycles. The minimum absolute atomic E-state index is 0.835. The van der Waals surface area contributed by atoms with Crippen LogP contribution in [0, 0.1) is 0 Å². The predicted octanol–water partition coefficient (Wildman–Crippen LogP) is 11.0. The highest BCUT2D eigenvalue weighted by molar-refractivity contribution is 8.11. The Morgan fingerprint density at radius 3 is 1.00 bits per heavy atom. The van der Waals surface area contributed by atoms with Crippen molar-refractivity contribution in [3.8, 4) is 0 Å². The van der Waals surface area contributed by atoms with Gasteiger partial charge in [-0.15, -0.1) is 97.6 Å². The summed E-state index contributed by atoms with van der Waals surface area (Å²) < 4.78 is 0. The molecule has 0 aliphatic heterocycles. The summed E-state index contributed by atoms with van der Waals surface area (Å²) >= 11 is 27.5. The van der Waals surface area contributed by atoms with Crippen LogP contribution in [0.1, 0.15) is 79.1 Å². The Morgan fingerprint density at radius 1 is 0.412 bits per heavy atom. The van der Waals surface area contributed by atoms with Gasteiger partial charge in [-0.25, -0.2) is 0 Å². The SMILES string of the molecule is CCCCSC1=C(SCCCC)C(=C2C(S)=C(S)C(S)=C2S)C(SCCCC)=C1SCCCC. The monoisotopic (exact) mass is 608 g/mol. The summed E-state index contributed by atoms with van der Waals surface area (Å²) in [5, 5.41) is 0. The first-order chi connectivity index (χ1) is 16.4. The lowest BCUT2D eigenvalue weighted by molar-refractivity contribution is 0.896. The molecule has 0 aromatic heterocycles. The van der Waals surface area contributed by atoms with Gasteiger partial charge in [0.1, 0.15) is 0 Å². The van der Waals surface area contributed by atoms with Gasteiger partial charge in [0.25, 0.3) is 0 Å². The minimum Gasteiger partial charge on any atom is -0.142 e. The molecule has 0 bridgehead atoms. The van der Waals surface area contributed by atoms with Gasteiger partial charge in [0, 0.05) is 50.4 Å². The molecule has 0 spiro atoms. The molecule has 2 aliphatic rings. The van der Waals surface area contributed by atoms with E-state index in [0.717, 1.165) is 36.7 Å². The molecule has 0 atom stereocenters. The van der Waals surface area contributed by atoms with Gasteiger partial charge in [-0.3, -0.25) is 0 Å². The number of unbranched alkanes of at least 4 members (excludes halogenated alkanes) is 4. The van der Waals surface area contributed by atoms with Crippen LogP contribution in [-0.2, 0) is 0 Å². The lowest BCUT2D eigenvalue weighted by Gasteiger charge is -2.16. The van der Waals surface area contributed by atoms with Crippen LogP contribution in [0.5, 0.6) is 0 Å².